The standard InChI is InChI=1S/C13H18F3NO4/c1-18-10-5-9(7-17)6-11(19-2)12(10)21-4-3-20-8-13(14,15)16/h5-6H,3-4,7-8,17H2,1-2H3. The van der Waals surface area contributed by atoms with Crippen LogP contribution in [0.1, 0.15) is 5.56 Å². The predicted molar refractivity (Wildman–Crippen MR) is 69.8 cm³/mol. The Hall–Kier alpha value is -1.67. The Morgan fingerprint density at radius 3 is 2.05 bits per heavy atom. The molecule has 2 N–H and O–H groups in total. The first kappa shape index (κ1) is 17.4. The summed E-state index contributed by atoms with van der Waals surface area (Å²) in [6.45, 7) is -1.28. The van der Waals surface area contributed by atoms with Crippen LogP contribution in [0.4, 0.5) is 13.2 Å². The molecule has 5 nitrogen and oxygen atoms in total. The van der Waals surface area contributed by atoms with E-state index in [0.29, 0.717) is 23.8 Å². The first-order valence-electron chi connectivity index (χ1n) is 6.13. The molecule has 1 aromatic rings. The zero-order valence-electron chi connectivity index (χ0n) is 11.8. The lowest BCUT2D eigenvalue weighted by Gasteiger charge is -2.16. The fourth-order valence-corrected chi connectivity index (χ4v) is 1.58. The highest BCUT2D eigenvalue weighted by atomic mass is 19.4. The van der Waals surface area contributed by atoms with Gasteiger partial charge in [0.1, 0.15) is 13.2 Å². The molecule has 0 aliphatic carbocycles. The van der Waals surface area contributed by atoms with Gasteiger partial charge in [-0.15, -0.1) is 0 Å². The summed E-state index contributed by atoms with van der Waals surface area (Å²) in [4.78, 5) is 0. The summed E-state index contributed by atoms with van der Waals surface area (Å²) in [6, 6.07) is 3.35. The summed E-state index contributed by atoms with van der Waals surface area (Å²) in [5.41, 5.74) is 6.33. The fourth-order valence-electron chi connectivity index (χ4n) is 1.58. The topological polar surface area (TPSA) is 62.9 Å². The maximum absolute atomic E-state index is 11.9. The summed E-state index contributed by atoms with van der Waals surface area (Å²) >= 11 is 0. The summed E-state index contributed by atoms with van der Waals surface area (Å²) < 4.78 is 55.9. The van der Waals surface area contributed by atoms with Crippen LogP contribution < -0.4 is 19.9 Å². The monoisotopic (exact) mass is 309 g/mol. The van der Waals surface area contributed by atoms with Gasteiger partial charge in [-0.25, -0.2) is 0 Å². The van der Waals surface area contributed by atoms with Crippen molar-refractivity contribution in [3.63, 3.8) is 0 Å². The number of benzene rings is 1. The van der Waals surface area contributed by atoms with E-state index in [2.05, 4.69) is 4.74 Å². The molecule has 0 heterocycles. The number of halogens is 3. The molecule has 1 aromatic carbocycles. The molecule has 0 bridgehead atoms. The zero-order valence-corrected chi connectivity index (χ0v) is 11.8. The van der Waals surface area contributed by atoms with Crippen molar-refractivity contribution in [2.75, 3.05) is 34.0 Å². The largest absolute Gasteiger partial charge is 0.493 e. The van der Waals surface area contributed by atoms with Crippen LogP contribution in [0.25, 0.3) is 0 Å². The minimum atomic E-state index is -4.35. The summed E-state index contributed by atoms with van der Waals surface area (Å²) in [6.07, 6.45) is -4.35. The molecule has 8 heteroatoms. The first-order chi connectivity index (χ1) is 9.91. The van der Waals surface area contributed by atoms with Gasteiger partial charge in [-0.3, -0.25) is 0 Å². The van der Waals surface area contributed by atoms with Crippen molar-refractivity contribution >= 4 is 0 Å². The van der Waals surface area contributed by atoms with E-state index >= 15 is 0 Å². The van der Waals surface area contributed by atoms with Gasteiger partial charge in [0.2, 0.25) is 5.75 Å². The van der Waals surface area contributed by atoms with Crippen molar-refractivity contribution in [2.24, 2.45) is 5.73 Å². The van der Waals surface area contributed by atoms with E-state index in [-0.39, 0.29) is 13.2 Å². The van der Waals surface area contributed by atoms with Gasteiger partial charge >= 0.3 is 6.18 Å². The number of hydrogen-bond donors (Lipinski definition) is 1. The molecule has 0 saturated heterocycles. The van der Waals surface area contributed by atoms with Gasteiger partial charge in [-0.05, 0) is 17.7 Å². The number of alkyl halides is 3. The van der Waals surface area contributed by atoms with Crippen molar-refractivity contribution in [1.82, 2.24) is 0 Å². The fraction of sp³-hybridized carbons (Fsp3) is 0.538. The Labute approximate surface area is 120 Å². The van der Waals surface area contributed by atoms with Crippen molar-refractivity contribution in [1.29, 1.82) is 0 Å². The number of ether oxygens (including phenoxy) is 4. The molecule has 0 aliphatic heterocycles. The highest BCUT2D eigenvalue weighted by molar-refractivity contribution is 5.53. The van der Waals surface area contributed by atoms with Gasteiger partial charge in [0.25, 0.3) is 0 Å². The maximum atomic E-state index is 11.9. The van der Waals surface area contributed by atoms with Gasteiger partial charge in [0.15, 0.2) is 11.5 Å². The van der Waals surface area contributed by atoms with E-state index in [9.17, 15) is 13.2 Å². The Morgan fingerprint density at radius 2 is 1.62 bits per heavy atom. The summed E-state index contributed by atoms with van der Waals surface area (Å²) in [5.74, 6) is 1.09. The van der Waals surface area contributed by atoms with Crippen LogP contribution in [0.5, 0.6) is 17.2 Å². The molecule has 120 valence electrons. The van der Waals surface area contributed by atoms with E-state index in [1.54, 1.807) is 12.1 Å². The molecule has 0 aromatic heterocycles. The van der Waals surface area contributed by atoms with Crippen LogP contribution in [0, 0.1) is 0 Å². The van der Waals surface area contributed by atoms with Crippen molar-refractivity contribution < 1.29 is 32.1 Å². The Balaban J connectivity index is 2.65. The SMILES string of the molecule is COc1cc(CN)cc(OC)c1OCCOCC(F)(F)F. The third kappa shape index (κ3) is 5.68. The van der Waals surface area contributed by atoms with Gasteiger partial charge in [-0.1, -0.05) is 0 Å². The highest BCUT2D eigenvalue weighted by Gasteiger charge is 2.27. The molecule has 0 atom stereocenters. The number of methoxy groups -OCH3 is 2. The lowest BCUT2D eigenvalue weighted by Crippen LogP contribution is -2.19. The van der Waals surface area contributed by atoms with E-state index < -0.39 is 12.8 Å². The molecule has 0 unspecified atom stereocenters. The van der Waals surface area contributed by atoms with Crippen LogP contribution in [0.15, 0.2) is 12.1 Å². The molecule has 0 fully saturated rings. The Morgan fingerprint density at radius 1 is 1.05 bits per heavy atom. The van der Waals surface area contributed by atoms with Crippen LogP contribution in [-0.4, -0.2) is 40.2 Å². The van der Waals surface area contributed by atoms with Gasteiger partial charge < -0.3 is 24.7 Å². The zero-order chi connectivity index (χ0) is 15.9. The normalized spacial score (nSPS) is 11.3. The second-order valence-electron chi connectivity index (χ2n) is 4.05. The van der Waals surface area contributed by atoms with Crippen LogP contribution in [0.3, 0.4) is 0 Å². The number of rotatable bonds is 8. The molecule has 0 spiro atoms. The first-order valence-corrected chi connectivity index (χ1v) is 6.13. The van der Waals surface area contributed by atoms with Gasteiger partial charge in [-0.2, -0.15) is 13.2 Å². The van der Waals surface area contributed by atoms with Crippen LogP contribution >= 0.6 is 0 Å². The minimum absolute atomic E-state index is 0.0647. The van der Waals surface area contributed by atoms with Crippen molar-refractivity contribution in [3.8, 4) is 17.2 Å². The summed E-state index contributed by atoms with van der Waals surface area (Å²) in [5, 5.41) is 0. The third-order valence-corrected chi connectivity index (χ3v) is 2.50. The van der Waals surface area contributed by atoms with Gasteiger partial charge in [0, 0.05) is 6.54 Å². The Kier molecular flexibility index (Phi) is 6.57. The Bertz CT molecular complexity index is 427. The molecule has 0 aliphatic rings. The molecular formula is C13H18F3NO4. The molecular weight excluding hydrogens is 291 g/mol. The van der Waals surface area contributed by atoms with Crippen LogP contribution in [-0.2, 0) is 11.3 Å². The summed E-state index contributed by atoms with van der Waals surface area (Å²) in [7, 11) is 2.89. The smallest absolute Gasteiger partial charge is 0.411 e. The average molecular weight is 309 g/mol. The number of nitrogens with two attached hydrogens (primary N) is 1. The molecule has 0 amide bonds. The van der Waals surface area contributed by atoms with Gasteiger partial charge in [0.05, 0.1) is 20.8 Å². The lowest BCUT2D eigenvalue weighted by molar-refractivity contribution is -0.175. The molecule has 0 radical (unpaired) electrons. The molecule has 21 heavy (non-hydrogen) atoms. The second kappa shape index (κ2) is 7.94. The predicted octanol–water partition coefficient (Wildman–Crippen LogP) is 2.12. The highest BCUT2D eigenvalue weighted by Crippen LogP contribution is 2.38. The van der Waals surface area contributed by atoms with Crippen LogP contribution in [0.2, 0.25) is 0 Å². The lowest BCUT2D eigenvalue weighted by atomic mass is 10.2. The minimum Gasteiger partial charge on any atom is -0.493 e. The third-order valence-electron chi connectivity index (χ3n) is 2.50. The molecule has 1 rings (SSSR count). The quantitative estimate of drug-likeness (QED) is 0.745. The van der Waals surface area contributed by atoms with E-state index in [0.717, 1.165) is 5.56 Å². The van der Waals surface area contributed by atoms with E-state index in [4.69, 9.17) is 19.9 Å². The van der Waals surface area contributed by atoms with Crippen molar-refractivity contribution in [2.45, 2.75) is 12.7 Å². The van der Waals surface area contributed by atoms with E-state index in [1.807, 2.05) is 0 Å². The number of hydrogen-bond acceptors (Lipinski definition) is 5. The second-order valence-corrected chi connectivity index (χ2v) is 4.05. The van der Waals surface area contributed by atoms with E-state index in [1.165, 1.54) is 14.2 Å². The molecule has 0 saturated carbocycles. The van der Waals surface area contributed by atoms with Crippen molar-refractivity contribution in [3.05, 3.63) is 17.7 Å². The average Bonchev–Trinajstić information content (AvgIpc) is 2.45. The maximum Gasteiger partial charge on any atom is 0.411 e.